The van der Waals surface area contributed by atoms with Gasteiger partial charge in [-0.1, -0.05) is 42.5 Å². The molecule has 1 heterocycles. The summed E-state index contributed by atoms with van der Waals surface area (Å²) in [4.78, 5) is 26.5. The molecule has 4 rings (SSSR count). The summed E-state index contributed by atoms with van der Waals surface area (Å²) in [5.74, 6) is 0.0187. The fourth-order valence-electron chi connectivity index (χ4n) is 3.50. The van der Waals surface area contributed by atoms with Crippen molar-refractivity contribution in [2.24, 2.45) is 0 Å². The van der Waals surface area contributed by atoms with Crippen LogP contribution in [0.2, 0.25) is 0 Å². The van der Waals surface area contributed by atoms with Crippen LogP contribution in [0.4, 0.5) is 9.18 Å². The Morgan fingerprint density at radius 1 is 1.00 bits per heavy atom. The van der Waals surface area contributed by atoms with Gasteiger partial charge in [0.2, 0.25) is 0 Å². The number of carbonyl (C=O) groups is 2. The van der Waals surface area contributed by atoms with Crippen LogP contribution in [0, 0.1) is 17.1 Å². The molecule has 8 heteroatoms. The van der Waals surface area contributed by atoms with Gasteiger partial charge < -0.3 is 9.47 Å². The van der Waals surface area contributed by atoms with Crippen molar-refractivity contribution in [2.45, 2.75) is 20.1 Å². The first-order chi connectivity index (χ1) is 17.0. The van der Waals surface area contributed by atoms with E-state index in [1.165, 1.54) is 6.07 Å². The number of ether oxygens (including phenoxy) is 2. The molecule has 0 aliphatic carbocycles. The fourth-order valence-corrected chi connectivity index (χ4v) is 4.34. The van der Waals surface area contributed by atoms with Gasteiger partial charge in [0.15, 0.2) is 11.5 Å². The van der Waals surface area contributed by atoms with Gasteiger partial charge in [-0.05, 0) is 54.6 Å². The predicted octanol–water partition coefficient (Wildman–Crippen LogP) is 5.91. The maximum atomic E-state index is 14.0. The molecule has 1 saturated heterocycles. The Bertz CT molecular complexity index is 1350. The van der Waals surface area contributed by atoms with Crippen molar-refractivity contribution in [3.63, 3.8) is 0 Å². The smallest absolute Gasteiger partial charge is 0.293 e. The molecule has 1 fully saturated rings. The van der Waals surface area contributed by atoms with Gasteiger partial charge in [0, 0.05) is 11.1 Å². The molecule has 1 aliphatic heterocycles. The molecule has 3 aromatic carbocycles. The fraction of sp³-hybridized carbons (Fsp3) is 0.148. The molecule has 6 nitrogen and oxygen atoms in total. The van der Waals surface area contributed by atoms with Crippen LogP contribution in [-0.4, -0.2) is 22.7 Å². The molecule has 0 saturated carbocycles. The predicted molar refractivity (Wildman–Crippen MR) is 131 cm³/mol. The van der Waals surface area contributed by atoms with Crippen LogP contribution in [-0.2, 0) is 17.9 Å². The summed E-state index contributed by atoms with van der Waals surface area (Å²) in [7, 11) is 0. The number of nitriles is 1. The Morgan fingerprint density at radius 2 is 1.74 bits per heavy atom. The summed E-state index contributed by atoms with van der Waals surface area (Å²) in [5, 5.41) is 8.82. The van der Waals surface area contributed by atoms with E-state index in [2.05, 4.69) is 6.07 Å². The summed E-state index contributed by atoms with van der Waals surface area (Å²) in [5.41, 5.74) is 2.21. The highest BCUT2D eigenvalue weighted by Crippen LogP contribution is 2.36. The largest absolute Gasteiger partial charge is 0.490 e. The molecule has 0 N–H and O–H groups in total. The first-order valence-corrected chi connectivity index (χ1v) is 11.7. The number of imide groups is 1. The lowest BCUT2D eigenvalue weighted by atomic mass is 10.1. The molecule has 0 radical (unpaired) electrons. The van der Waals surface area contributed by atoms with Gasteiger partial charge in [0.05, 0.1) is 29.7 Å². The molecule has 1 aliphatic rings. The number of thioether (sulfide) groups is 1. The van der Waals surface area contributed by atoms with Crippen molar-refractivity contribution >= 4 is 29.0 Å². The number of benzene rings is 3. The highest BCUT2D eigenvalue weighted by molar-refractivity contribution is 8.18. The molecular formula is C27H21FN2O4S. The number of amides is 2. The van der Waals surface area contributed by atoms with Crippen LogP contribution in [0.15, 0.2) is 71.6 Å². The second kappa shape index (κ2) is 10.9. The zero-order chi connectivity index (χ0) is 24.8. The zero-order valence-electron chi connectivity index (χ0n) is 18.9. The Kier molecular flexibility index (Phi) is 7.48. The van der Waals surface area contributed by atoms with Gasteiger partial charge >= 0.3 is 0 Å². The van der Waals surface area contributed by atoms with Crippen molar-refractivity contribution in [3.8, 4) is 17.6 Å². The molecular weight excluding hydrogens is 467 g/mol. The number of carbonyl (C=O) groups excluding carboxylic acids is 2. The molecule has 0 bridgehead atoms. The third kappa shape index (κ3) is 5.53. The third-order valence-electron chi connectivity index (χ3n) is 5.25. The van der Waals surface area contributed by atoms with Gasteiger partial charge in [-0.15, -0.1) is 0 Å². The Labute approximate surface area is 206 Å². The van der Waals surface area contributed by atoms with Crippen molar-refractivity contribution in [1.29, 1.82) is 5.26 Å². The summed E-state index contributed by atoms with van der Waals surface area (Å²) in [6.45, 7) is 2.30. The average Bonchev–Trinajstić information content (AvgIpc) is 3.12. The summed E-state index contributed by atoms with van der Waals surface area (Å²) in [6, 6.07) is 20.6. The Morgan fingerprint density at radius 3 is 2.49 bits per heavy atom. The van der Waals surface area contributed by atoms with Gasteiger partial charge in [0.25, 0.3) is 11.1 Å². The maximum Gasteiger partial charge on any atom is 0.293 e. The normalized spacial score (nSPS) is 14.3. The van der Waals surface area contributed by atoms with Crippen LogP contribution in [0.5, 0.6) is 11.5 Å². The quantitative estimate of drug-likeness (QED) is 0.367. The summed E-state index contributed by atoms with van der Waals surface area (Å²) >= 11 is 0.810. The second-order valence-electron chi connectivity index (χ2n) is 7.56. The van der Waals surface area contributed by atoms with Gasteiger partial charge in [-0.25, -0.2) is 4.39 Å². The molecule has 176 valence electrons. The van der Waals surface area contributed by atoms with E-state index in [1.54, 1.807) is 54.6 Å². The van der Waals surface area contributed by atoms with Gasteiger partial charge in [-0.3, -0.25) is 14.5 Å². The third-order valence-corrected chi connectivity index (χ3v) is 6.15. The van der Waals surface area contributed by atoms with E-state index >= 15 is 0 Å². The summed E-state index contributed by atoms with van der Waals surface area (Å²) in [6.07, 6.45) is 1.60. The zero-order valence-corrected chi connectivity index (χ0v) is 19.7. The molecule has 0 unspecified atom stereocenters. The number of hydrogen-bond acceptors (Lipinski definition) is 6. The van der Waals surface area contributed by atoms with Crippen molar-refractivity contribution in [3.05, 3.63) is 99.7 Å². The first-order valence-electron chi connectivity index (χ1n) is 10.9. The number of rotatable bonds is 8. The maximum absolute atomic E-state index is 14.0. The topological polar surface area (TPSA) is 79.6 Å². The minimum absolute atomic E-state index is 0.129. The van der Waals surface area contributed by atoms with Crippen LogP contribution >= 0.6 is 11.8 Å². The molecule has 0 atom stereocenters. The summed E-state index contributed by atoms with van der Waals surface area (Å²) < 4.78 is 25.6. The van der Waals surface area contributed by atoms with E-state index in [0.29, 0.717) is 29.2 Å². The lowest BCUT2D eigenvalue weighted by Crippen LogP contribution is -2.27. The van der Waals surface area contributed by atoms with Gasteiger partial charge in [-0.2, -0.15) is 5.26 Å². The minimum atomic E-state index is -0.477. The van der Waals surface area contributed by atoms with E-state index < -0.39 is 17.0 Å². The van der Waals surface area contributed by atoms with E-state index in [0.717, 1.165) is 22.2 Å². The molecule has 0 spiro atoms. The van der Waals surface area contributed by atoms with Crippen LogP contribution in [0.3, 0.4) is 0 Å². The Hall–Kier alpha value is -4.09. The van der Waals surface area contributed by atoms with Crippen LogP contribution < -0.4 is 9.47 Å². The highest BCUT2D eigenvalue weighted by atomic mass is 32.2. The lowest BCUT2D eigenvalue weighted by molar-refractivity contribution is -0.123. The molecule has 35 heavy (non-hydrogen) atoms. The molecule has 0 aromatic heterocycles. The van der Waals surface area contributed by atoms with E-state index in [4.69, 9.17) is 9.47 Å². The van der Waals surface area contributed by atoms with E-state index in [-0.39, 0.29) is 23.6 Å². The van der Waals surface area contributed by atoms with Crippen molar-refractivity contribution in [2.75, 3.05) is 6.61 Å². The minimum Gasteiger partial charge on any atom is -0.490 e. The SMILES string of the molecule is CCOc1cc(/C=C2/SC(=O)N(Cc3ccccc3F)C2=O)ccc1OCc1ccccc1C#N. The second-order valence-corrected chi connectivity index (χ2v) is 8.55. The van der Waals surface area contributed by atoms with Crippen molar-refractivity contribution < 1.29 is 23.5 Å². The Balaban J connectivity index is 1.53. The highest BCUT2D eigenvalue weighted by Gasteiger charge is 2.35. The van der Waals surface area contributed by atoms with Gasteiger partial charge in [0.1, 0.15) is 12.4 Å². The van der Waals surface area contributed by atoms with E-state index in [9.17, 15) is 19.2 Å². The van der Waals surface area contributed by atoms with Crippen LogP contribution in [0.1, 0.15) is 29.2 Å². The van der Waals surface area contributed by atoms with E-state index in [1.807, 2.05) is 19.1 Å². The average molecular weight is 489 g/mol. The molecule has 3 aromatic rings. The number of halogens is 1. The first kappa shape index (κ1) is 24.0. The van der Waals surface area contributed by atoms with Crippen LogP contribution in [0.25, 0.3) is 6.08 Å². The standard InChI is InChI=1S/C27H21FN2O4S/c1-2-33-24-13-18(11-12-23(24)34-17-21-9-4-3-7-19(21)15-29)14-25-26(31)30(27(32)35-25)16-20-8-5-6-10-22(20)28/h3-14H,2,16-17H2,1H3/b25-14+. The number of nitrogens with zero attached hydrogens (tertiary/aromatic N) is 2. The monoisotopic (exact) mass is 488 g/mol. The number of hydrogen-bond donors (Lipinski definition) is 0. The molecule has 2 amide bonds. The lowest BCUT2D eigenvalue weighted by Gasteiger charge is -2.14. The van der Waals surface area contributed by atoms with Crippen molar-refractivity contribution in [1.82, 2.24) is 4.90 Å².